The lowest BCUT2D eigenvalue weighted by molar-refractivity contribution is 0.0955. The van der Waals surface area contributed by atoms with E-state index in [-0.39, 0.29) is 0 Å². The van der Waals surface area contributed by atoms with E-state index < -0.39 is 0 Å². The van der Waals surface area contributed by atoms with Crippen LogP contribution in [0.2, 0.25) is 0 Å². The van der Waals surface area contributed by atoms with Gasteiger partial charge >= 0.3 is 0 Å². The summed E-state index contributed by atoms with van der Waals surface area (Å²) in [6.45, 7) is 10.7. The second kappa shape index (κ2) is 5.03. The number of hydrogen-bond acceptors (Lipinski definition) is 3. The van der Waals surface area contributed by atoms with Crippen LogP contribution in [0.15, 0.2) is 0 Å². The summed E-state index contributed by atoms with van der Waals surface area (Å²) in [4.78, 5) is 5.30. The second-order valence-corrected chi connectivity index (χ2v) is 5.90. The van der Waals surface area contributed by atoms with E-state index in [1.165, 1.54) is 38.9 Å². The Morgan fingerprint density at radius 1 is 1.19 bits per heavy atom. The third-order valence-corrected chi connectivity index (χ3v) is 4.36. The van der Waals surface area contributed by atoms with E-state index in [1.807, 2.05) is 0 Å². The van der Waals surface area contributed by atoms with E-state index in [0.717, 1.165) is 6.04 Å². The minimum Gasteiger partial charge on any atom is -0.328 e. The first-order chi connectivity index (χ1) is 7.58. The van der Waals surface area contributed by atoms with Gasteiger partial charge in [-0.15, -0.1) is 0 Å². The number of nitrogens with zero attached hydrogens (tertiary/aromatic N) is 2. The Hall–Kier alpha value is -0.120. The molecule has 2 rings (SSSR count). The van der Waals surface area contributed by atoms with Crippen LogP contribution < -0.4 is 5.73 Å². The average Bonchev–Trinajstić information content (AvgIpc) is 2.66. The molecule has 3 atom stereocenters. The molecule has 2 aliphatic rings. The fourth-order valence-electron chi connectivity index (χ4n) is 3.28. The number of likely N-dealkylation sites (tertiary alicyclic amines) is 2. The molecule has 0 radical (unpaired) electrons. The number of nitrogens with two attached hydrogens (primary N) is 1. The molecule has 2 saturated heterocycles. The average molecular weight is 225 g/mol. The molecule has 3 unspecified atom stereocenters. The fourth-order valence-corrected chi connectivity index (χ4v) is 3.28. The Bertz CT molecular complexity index is 229. The van der Waals surface area contributed by atoms with E-state index in [0.29, 0.717) is 18.1 Å². The van der Waals surface area contributed by atoms with Crippen LogP contribution >= 0.6 is 0 Å². The largest absolute Gasteiger partial charge is 0.328 e. The van der Waals surface area contributed by atoms with Crippen LogP contribution in [0.5, 0.6) is 0 Å². The molecule has 2 fully saturated rings. The standard InChI is InChI=1S/C13H27N3/c1-10(2)15-6-5-13(9-15)16-7-4-12(14)8-11(16)3/h10-13H,4-9,14H2,1-3H3. The van der Waals surface area contributed by atoms with E-state index in [2.05, 4.69) is 30.6 Å². The quantitative estimate of drug-likeness (QED) is 0.768. The molecule has 2 N–H and O–H groups in total. The smallest absolute Gasteiger partial charge is 0.0238 e. The SMILES string of the molecule is CC(C)N1CCC(N2CCC(N)CC2C)C1. The Morgan fingerprint density at radius 2 is 1.94 bits per heavy atom. The minimum atomic E-state index is 0.439. The first-order valence-electron chi connectivity index (χ1n) is 6.83. The molecule has 2 aliphatic heterocycles. The molecular formula is C13H27N3. The lowest BCUT2D eigenvalue weighted by atomic mass is 9.97. The van der Waals surface area contributed by atoms with Crippen molar-refractivity contribution in [2.45, 2.75) is 64.2 Å². The van der Waals surface area contributed by atoms with Crippen LogP contribution in [0.1, 0.15) is 40.0 Å². The lowest BCUT2D eigenvalue weighted by Crippen LogP contribution is -2.51. The highest BCUT2D eigenvalue weighted by atomic mass is 15.3. The molecule has 0 aliphatic carbocycles. The summed E-state index contributed by atoms with van der Waals surface area (Å²) in [6.07, 6.45) is 3.71. The van der Waals surface area contributed by atoms with Gasteiger partial charge in [0.15, 0.2) is 0 Å². The van der Waals surface area contributed by atoms with E-state index >= 15 is 0 Å². The Labute approximate surface area is 100.0 Å². The highest BCUT2D eigenvalue weighted by molar-refractivity contribution is 4.91. The number of piperidine rings is 1. The summed E-state index contributed by atoms with van der Waals surface area (Å²) in [7, 11) is 0. The fraction of sp³-hybridized carbons (Fsp3) is 1.00. The van der Waals surface area contributed by atoms with Crippen molar-refractivity contribution in [2.24, 2.45) is 5.73 Å². The van der Waals surface area contributed by atoms with Gasteiger partial charge in [0.1, 0.15) is 0 Å². The molecule has 2 heterocycles. The van der Waals surface area contributed by atoms with Gasteiger partial charge in [0.25, 0.3) is 0 Å². The number of hydrogen-bond donors (Lipinski definition) is 1. The van der Waals surface area contributed by atoms with Gasteiger partial charge in [-0.25, -0.2) is 0 Å². The molecule has 0 aromatic rings. The van der Waals surface area contributed by atoms with Crippen molar-refractivity contribution in [3.05, 3.63) is 0 Å². The van der Waals surface area contributed by atoms with Gasteiger partial charge < -0.3 is 5.73 Å². The molecule has 0 saturated carbocycles. The lowest BCUT2D eigenvalue weighted by Gasteiger charge is -2.40. The first-order valence-corrected chi connectivity index (χ1v) is 6.83. The van der Waals surface area contributed by atoms with Crippen molar-refractivity contribution in [1.29, 1.82) is 0 Å². The highest BCUT2D eigenvalue weighted by Gasteiger charge is 2.33. The van der Waals surface area contributed by atoms with Gasteiger partial charge in [0.2, 0.25) is 0 Å². The molecule has 0 amide bonds. The molecule has 0 spiro atoms. The summed E-state index contributed by atoms with van der Waals surface area (Å²) in [5.41, 5.74) is 6.02. The van der Waals surface area contributed by atoms with Crippen molar-refractivity contribution in [3.8, 4) is 0 Å². The Morgan fingerprint density at radius 3 is 2.50 bits per heavy atom. The van der Waals surface area contributed by atoms with Gasteiger partial charge in [-0.1, -0.05) is 0 Å². The molecule has 3 heteroatoms. The Balaban J connectivity index is 1.89. The first kappa shape index (κ1) is 12.3. The maximum Gasteiger partial charge on any atom is 0.0238 e. The molecule has 0 bridgehead atoms. The minimum absolute atomic E-state index is 0.439. The molecule has 94 valence electrons. The third kappa shape index (κ3) is 2.58. The zero-order valence-corrected chi connectivity index (χ0v) is 11.0. The van der Waals surface area contributed by atoms with Crippen molar-refractivity contribution in [1.82, 2.24) is 9.80 Å². The molecule has 0 aromatic carbocycles. The van der Waals surface area contributed by atoms with E-state index in [4.69, 9.17) is 5.73 Å². The maximum absolute atomic E-state index is 6.02. The van der Waals surface area contributed by atoms with Gasteiger partial charge in [0.05, 0.1) is 0 Å². The molecule has 0 aromatic heterocycles. The zero-order valence-electron chi connectivity index (χ0n) is 11.0. The van der Waals surface area contributed by atoms with Crippen LogP contribution in [0.4, 0.5) is 0 Å². The third-order valence-electron chi connectivity index (χ3n) is 4.36. The van der Waals surface area contributed by atoms with Gasteiger partial charge in [0, 0.05) is 43.8 Å². The van der Waals surface area contributed by atoms with Crippen molar-refractivity contribution in [2.75, 3.05) is 19.6 Å². The van der Waals surface area contributed by atoms with Crippen LogP contribution in [0, 0.1) is 0 Å². The normalized spacial score (nSPS) is 38.4. The zero-order chi connectivity index (χ0) is 11.7. The van der Waals surface area contributed by atoms with E-state index in [9.17, 15) is 0 Å². The predicted octanol–water partition coefficient (Wildman–Crippen LogP) is 1.28. The maximum atomic E-state index is 6.02. The summed E-state index contributed by atoms with van der Waals surface area (Å²) in [5, 5.41) is 0. The summed E-state index contributed by atoms with van der Waals surface area (Å²) in [5.74, 6) is 0. The van der Waals surface area contributed by atoms with Crippen LogP contribution in [-0.4, -0.2) is 53.6 Å². The van der Waals surface area contributed by atoms with Crippen LogP contribution in [0.3, 0.4) is 0 Å². The van der Waals surface area contributed by atoms with E-state index in [1.54, 1.807) is 0 Å². The second-order valence-electron chi connectivity index (χ2n) is 5.90. The predicted molar refractivity (Wildman–Crippen MR) is 68.5 cm³/mol. The summed E-state index contributed by atoms with van der Waals surface area (Å²) in [6, 6.07) is 2.60. The summed E-state index contributed by atoms with van der Waals surface area (Å²) < 4.78 is 0. The molecular weight excluding hydrogens is 198 g/mol. The Kier molecular flexibility index (Phi) is 3.88. The topological polar surface area (TPSA) is 32.5 Å². The van der Waals surface area contributed by atoms with Crippen molar-refractivity contribution < 1.29 is 0 Å². The van der Waals surface area contributed by atoms with Crippen molar-refractivity contribution >= 4 is 0 Å². The molecule has 16 heavy (non-hydrogen) atoms. The number of rotatable bonds is 2. The van der Waals surface area contributed by atoms with Crippen molar-refractivity contribution in [3.63, 3.8) is 0 Å². The van der Waals surface area contributed by atoms with Gasteiger partial charge in [-0.2, -0.15) is 0 Å². The summed E-state index contributed by atoms with van der Waals surface area (Å²) >= 11 is 0. The monoisotopic (exact) mass is 225 g/mol. The van der Waals surface area contributed by atoms with Crippen LogP contribution in [-0.2, 0) is 0 Å². The highest BCUT2D eigenvalue weighted by Crippen LogP contribution is 2.24. The van der Waals surface area contributed by atoms with Gasteiger partial charge in [-0.05, 0) is 40.0 Å². The van der Waals surface area contributed by atoms with Crippen LogP contribution in [0.25, 0.3) is 0 Å². The molecule has 3 nitrogen and oxygen atoms in total. The van der Waals surface area contributed by atoms with Gasteiger partial charge in [-0.3, -0.25) is 9.80 Å².